The zero-order valence-corrected chi connectivity index (χ0v) is 26.6. The Kier molecular flexibility index (Phi) is 8.74. The van der Waals surface area contributed by atoms with Crippen LogP contribution in [0.25, 0.3) is 0 Å². The predicted octanol–water partition coefficient (Wildman–Crippen LogP) is 7.15. The molecule has 230 valence electrons. The summed E-state index contributed by atoms with van der Waals surface area (Å²) in [5, 5.41) is 1.20. The maximum Gasteiger partial charge on any atom is 0.326 e. The average Bonchev–Trinajstić information content (AvgIpc) is 3.37. The summed E-state index contributed by atoms with van der Waals surface area (Å²) in [6.45, 7) is 4.88. The van der Waals surface area contributed by atoms with Crippen molar-refractivity contribution in [2.75, 3.05) is 26.7 Å². The third-order valence-electron chi connectivity index (χ3n) is 8.53. The van der Waals surface area contributed by atoms with Crippen molar-refractivity contribution in [2.45, 2.75) is 57.3 Å². The lowest BCUT2D eigenvalue weighted by Gasteiger charge is -2.44. The number of piperazine rings is 1. The van der Waals surface area contributed by atoms with Crippen molar-refractivity contribution in [3.05, 3.63) is 93.5 Å². The van der Waals surface area contributed by atoms with Crippen LogP contribution in [0.1, 0.15) is 61.9 Å². The van der Waals surface area contributed by atoms with E-state index in [1.54, 1.807) is 16.9 Å². The Morgan fingerprint density at radius 3 is 2.16 bits per heavy atom. The molecule has 2 fully saturated rings. The van der Waals surface area contributed by atoms with Gasteiger partial charge < -0.3 is 19.3 Å². The molecule has 1 aliphatic carbocycles. The van der Waals surface area contributed by atoms with Gasteiger partial charge in [0, 0.05) is 35.2 Å². The number of amidine groups is 1. The molecule has 3 amide bonds. The van der Waals surface area contributed by atoms with Crippen LogP contribution in [0.15, 0.2) is 71.7 Å². The summed E-state index contributed by atoms with van der Waals surface area (Å²) < 4.78 is 11.8. The first kappa shape index (κ1) is 30.3. The van der Waals surface area contributed by atoms with Gasteiger partial charge in [0.15, 0.2) is 0 Å². The largest absolute Gasteiger partial charge is 0.497 e. The van der Waals surface area contributed by atoms with E-state index in [0.29, 0.717) is 46.0 Å². The van der Waals surface area contributed by atoms with Crippen molar-refractivity contribution >= 4 is 41.0 Å². The first-order valence-electron chi connectivity index (χ1n) is 15.0. The normalized spacial score (nSPS) is 20.5. The minimum Gasteiger partial charge on any atom is -0.497 e. The number of amides is 3. The molecule has 1 saturated heterocycles. The SMILES string of the molecule is COc1ccc(C2=N[C@@H](c3ccc(Cl)cc3)[C@@H](c3ccc(Cl)cc3)N2C(=O)N2CCN(C3CCC3)C(=O)C2)c(OC(C)C)c1. The molecule has 0 unspecified atom stereocenters. The first-order chi connectivity index (χ1) is 21.2. The van der Waals surface area contributed by atoms with Gasteiger partial charge in [0.1, 0.15) is 29.9 Å². The van der Waals surface area contributed by atoms with Crippen molar-refractivity contribution in [1.82, 2.24) is 14.7 Å². The summed E-state index contributed by atoms with van der Waals surface area (Å²) in [5.74, 6) is 1.62. The number of ether oxygens (including phenoxy) is 2. The summed E-state index contributed by atoms with van der Waals surface area (Å²) in [4.78, 5) is 38.6. The molecular weight excluding hydrogens is 599 g/mol. The molecule has 3 aromatic carbocycles. The fraction of sp³-hybridized carbons (Fsp3) is 0.382. The highest BCUT2D eigenvalue weighted by Crippen LogP contribution is 2.46. The second-order valence-electron chi connectivity index (χ2n) is 11.7. The molecule has 2 aliphatic heterocycles. The highest BCUT2D eigenvalue weighted by Gasteiger charge is 2.46. The van der Waals surface area contributed by atoms with Crippen molar-refractivity contribution in [3.8, 4) is 11.5 Å². The molecular formula is C34H36Cl2N4O4. The van der Waals surface area contributed by atoms with Crippen LogP contribution in [0.2, 0.25) is 10.0 Å². The van der Waals surface area contributed by atoms with Gasteiger partial charge in [-0.05, 0) is 80.6 Å². The zero-order chi connectivity index (χ0) is 31.0. The zero-order valence-electron chi connectivity index (χ0n) is 25.1. The monoisotopic (exact) mass is 634 g/mol. The van der Waals surface area contributed by atoms with Gasteiger partial charge in [-0.1, -0.05) is 47.5 Å². The van der Waals surface area contributed by atoms with Gasteiger partial charge in [-0.2, -0.15) is 0 Å². The fourth-order valence-electron chi connectivity index (χ4n) is 6.11. The smallest absolute Gasteiger partial charge is 0.326 e. The van der Waals surface area contributed by atoms with E-state index in [9.17, 15) is 9.59 Å². The van der Waals surface area contributed by atoms with Crippen molar-refractivity contribution < 1.29 is 19.1 Å². The lowest BCUT2D eigenvalue weighted by atomic mass is 9.91. The Hall–Kier alpha value is -3.75. The number of benzene rings is 3. The summed E-state index contributed by atoms with van der Waals surface area (Å²) in [6.07, 6.45) is 3.06. The van der Waals surface area contributed by atoms with Gasteiger partial charge in [-0.25, -0.2) is 4.79 Å². The van der Waals surface area contributed by atoms with Crippen LogP contribution in [-0.2, 0) is 4.79 Å². The standard InChI is InChI=1S/C34H36Cl2N4O4/c1-21(2)44-29-19-27(43-3)15-16-28(29)33-37-31(22-7-11-24(35)12-8-22)32(23-9-13-25(36)14-10-23)40(33)34(42)38-17-18-39(30(41)20-38)26-5-4-6-26/h7-16,19,21,26,31-32H,4-6,17-18,20H2,1-3H3/t31-,32+/m0/s1. The molecule has 0 aromatic heterocycles. The maximum atomic E-state index is 14.7. The summed E-state index contributed by atoms with van der Waals surface area (Å²) in [5.41, 5.74) is 2.41. The van der Waals surface area contributed by atoms with Crippen LogP contribution in [0.4, 0.5) is 4.79 Å². The van der Waals surface area contributed by atoms with Gasteiger partial charge in [-0.15, -0.1) is 0 Å². The number of methoxy groups -OCH3 is 1. The third kappa shape index (κ3) is 5.97. The molecule has 0 spiro atoms. The molecule has 0 radical (unpaired) electrons. The molecule has 3 aromatic rings. The third-order valence-corrected chi connectivity index (χ3v) is 9.04. The van der Waals surface area contributed by atoms with Crippen molar-refractivity contribution in [2.24, 2.45) is 4.99 Å². The van der Waals surface area contributed by atoms with E-state index in [1.165, 1.54) is 0 Å². The number of nitrogens with zero attached hydrogens (tertiary/aromatic N) is 4. The molecule has 3 aliphatic rings. The number of carbonyl (C=O) groups excluding carboxylic acids is 2. The number of urea groups is 1. The minimum absolute atomic E-state index is 0.0162. The number of carbonyl (C=O) groups is 2. The Balaban J connectivity index is 1.47. The highest BCUT2D eigenvalue weighted by atomic mass is 35.5. The molecule has 2 heterocycles. The Labute approximate surface area is 268 Å². The van der Waals surface area contributed by atoms with E-state index < -0.39 is 12.1 Å². The molecule has 2 atom stereocenters. The minimum atomic E-state index is -0.523. The van der Waals surface area contributed by atoms with Crippen LogP contribution >= 0.6 is 23.2 Å². The number of halogens is 2. The molecule has 10 heteroatoms. The van der Waals surface area contributed by atoms with E-state index in [-0.39, 0.29) is 30.6 Å². The Morgan fingerprint density at radius 1 is 0.932 bits per heavy atom. The van der Waals surface area contributed by atoms with Crippen LogP contribution < -0.4 is 9.47 Å². The van der Waals surface area contributed by atoms with Gasteiger partial charge in [0.2, 0.25) is 5.91 Å². The molecule has 44 heavy (non-hydrogen) atoms. The van der Waals surface area contributed by atoms with Crippen LogP contribution in [-0.4, -0.2) is 71.4 Å². The summed E-state index contributed by atoms with van der Waals surface area (Å²) in [7, 11) is 1.60. The lowest BCUT2D eigenvalue weighted by molar-refractivity contribution is -0.139. The van der Waals surface area contributed by atoms with E-state index in [4.69, 9.17) is 37.7 Å². The summed E-state index contributed by atoms with van der Waals surface area (Å²) in [6, 6.07) is 19.5. The second kappa shape index (κ2) is 12.7. The lowest BCUT2D eigenvalue weighted by Crippen LogP contribution is -2.59. The first-order valence-corrected chi connectivity index (χ1v) is 15.8. The number of rotatable bonds is 7. The molecule has 0 bridgehead atoms. The van der Waals surface area contributed by atoms with E-state index in [0.717, 1.165) is 30.4 Å². The molecule has 0 N–H and O–H groups in total. The highest BCUT2D eigenvalue weighted by molar-refractivity contribution is 6.30. The van der Waals surface area contributed by atoms with Gasteiger partial charge in [0.25, 0.3) is 0 Å². The Bertz CT molecular complexity index is 1560. The number of aliphatic imine (C=N–C) groups is 1. The maximum absolute atomic E-state index is 14.7. The van der Waals surface area contributed by atoms with E-state index >= 15 is 0 Å². The van der Waals surface area contributed by atoms with Gasteiger partial charge in [-0.3, -0.25) is 14.7 Å². The number of hydrogen-bond acceptors (Lipinski definition) is 5. The number of hydrogen-bond donors (Lipinski definition) is 0. The topological polar surface area (TPSA) is 74.7 Å². The van der Waals surface area contributed by atoms with Crippen LogP contribution in [0.5, 0.6) is 11.5 Å². The predicted molar refractivity (Wildman–Crippen MR) is 172 cm³/mol. The second-order valence-corrected chi connectivity index (χ2v) is 12.6. The molecule has 6 rings (SSSR count). The molecule has 1 saturated carbocycles. The van der Waals surface area contributed by atoms with E-state index in [2.05, 4.69) is 0 Å². The van der Waals surface area contributed by atoms with Crippen LogP contribution in [0.3, 0.4) is 0 Å². The Morgan fingerprint density at radius 2 is 1.59 bits per heavy atom. The van der Waals surface area contributed by atoms with Crippen molar-refractivity contribution in [3.63, 3.8) is 0 Å². The van der Waals surface area contributed by atoms with Gasteiger partial charge in [0.05, 0.1) is 24.8 Å². The van der Waals surface area contributed by atoms with E-state index in [1.807, 2.05) is 85.5 Å². The van der Waals surface area contributed by atoms with Crippen LogP contribution in [0, 0.1) is 0 Å². The summed E-state index contributed by atoms with van der Waals surface area (Å²) >= 11 is 12.6. The average molecular weight is 636 g/mol. The van der Waals surface area contributed by atoms with Gasteiger partial charge >= 0.3 is 6.03 Å². The fourth-order valence-corrected chi connectivity index (χ4v) is 6.36. The quantitative estimate of drug-likeness (QED) is 0.277. The van der Waals surface area contributed by atoms with Crippen molar-refractivity contribution in [1.29, 1.82) is 0 Å². The molecule has 8 nitrogen and oxygen atoms in total.